The maximum atomic E-state index is 12.1. The average Bonchev–Trinajstić information content (AvgIpc) is 2.74. The molecule has 0 aliphatic carbocycles. The number of carbonyl (C=O) groups is 1. The molecule has 0 bridgehead atoms. The first-order valence-corrected chi connectivity index (χ1v) is 8.47. The fourth-order valence-corrected chi connectivity index (χ4v) is 3.65. The van der Waals surface area contributed by atoms with Crippen LogP contribution in [0.1, 0.15) is 23.6 Å². The van der Waals surface area contributed by atoms with E-state index in [1.807, 2.05) is 30.3 Å². The number of halogens is 1. The largest absolute Gasteiger partial charge is 0.354 e. The van der Waals surface area contributed by atoms with Crippen LogP contribution in [0, 0.1) is 0 Å². The Hall–Kier alpha value is -2.14. The lowest BCUT2D eigenvalue weighted by Gasteiger charge is -2.37. The average molecular weight is 370 g/mol. The van der Waals surface area contributed by atoms with E-state index in [4.69, 9.17) is 4.99 Å². The van der Waals surface area contributed by atoms with Crippen LogP contribution in [0.3, 0.4) is 0 Å². The molecule has 2 aliphatic rings. The summed E-state index contributed by atoms with van der Waals surface area (Å²) in [6.45, 7) is 0.978. The third-order valence-corrected chi connectivity index (χ3v) is 4.77. The molecule has 1 fully saturated rings. The summed E-state index contributed by atoms with van der Waals surface area (Å²) in [7, 11) is 0. The minimum absolute atomic E-state index is 0.0139. The molecular weight excluding hydrogens is 354 g/mol. The smallest absolute Gasteiger partial charge is 0.239 e. The van der Waals surface area contributed by atoms with Crippen molar-refractivity contribution in [2.45, 2.75) is 12.5 Å². The predicted molar refractivity (Wildman–Crippen MR) is 93.9 cm³/mol. The third kappa shape index (κ3) is 2.65. The van der Waals surface area contributed by atoms with E-state index in [9.17, 15) is 4.79 Å². The summed E-state index contributed by atoms with van der Waals surface area (Å²) in [6, 6.07) is 16.5. The minimum atomic E-state index is 0.0139. The lowest BCUT2D eigenvalue weighted by molar-refractivity contribution is -0.121. The second kappa shape index (κ2) is 5.81. The molecule has 0 unspecified atom stereocenters. The van der Waals surface area contributed by atoms with Gasteiger partial charge in [-0.25, -0.2) is 4.99 Å². The van der Waals surface area contributed by atoms with E-state index in [0.29, 0.717) is 13.1 Å². The standard InChI is InChI=1S/C18H16BrN3O/c19-13-6-7-15-14(10-13)18(12-4-2-1-3-5-12)22-11-17(23)20-9-8-16(22)21-15/h1-7,10,18H,8-9,11H2,(H,20,23)/t18-/m0/s1. The van der Waals surface area contributed by atoms with E-state index >= 15 is 0 Å². The zero-order valence-corrected chi connectivity index (χ0v) is 14.1. The van der Waals surface area contributed by atoms with Crippen LogP contribution in [0.5, 0.6) is 0 Å². The summed E-state index contributed by atoms with van der Waals surface area (Å²) >= 11 is 3.56. The Labute approximate surface area is 143 Å². The molecule has 1 saturated heterocycles. The van der Waals surface area contributed by atoms with E-state index in [1.54, 1.807) is 0 Å². The van der Waals surface area contributed by atoms with Crippen LogP contribution >= 0.6 is 15.9 Å². The number of hydrogen-bond donors (Lipinski definition) is 1. The number of fused-ring (bicyclic) bond motifs is 2. The molecule has 0 aromatic heterocycles. The summed E-state index contributed by atoms with van der Waals surface area (Å²) < 4.78 is 1.02. The van der Waals surface area contributed by atoms with Crippen LogP contribution < -0.4 is 5.32 Å². The molecule has 23 heavy (non-hydrogen) atoms. The van der Waals surface area contributed by atoms with Gasteiger partial charge in [0.1, 0.15) is 5.84 Å². The second-order valence-electron chi connectivity index (χ2n) is 5.77. The zero-order valence-electron chi connectivity index (χ0n) is 12.5. The Morgan fingerprint density at radius 1 is 1.17 bits per heavy atom. The lowest BCUT2D eigenvalue weighted by atomic mass is 9.93. The van der Waals surface area contributed by atoms with Gasteiger partial charge < -0.3 is 10.2 Å². The van der Waals surface area contributed by atoms with E-state index in [2.05, 4.69) is 44.3 Å². The molecule has 1 amide bonds. The van der Waals surface area contributed by atoms with Crippen LogP contribution in [-0.2, 0) is 4.79 Å². The van der Waals surface area contributed by atoms with Crippen molar-refractivity contribution in [3.8, 4) is 0 Å². The van der Waals surface area contributed by atoms with Crippen LogP contribution in [-0.4, -0.2) is 29.7 Å². The van der Waals surface area contributed by atoms with E-state index in [-0.39, 0.29) is 11.9 Å². The van der Waals surface area contributed by atoms with Crippen molar-refractivity contribution in [3.63, 3.8) is 0 Å². The van der Waals surface area contributed by atoms with Crippen molar-refractivity contribution >= 4 is 33.4 Å². The number of hydrogen-bond acceptors (Lipinski definition) is 3. The first-order chi connectivity index (χ1) is 11.2. The molecule has 1 N–H and O–H groups in total. The number of rotatable bonds is 1. The van der Waals surface area contributed by atoms with Gasteiger partial charge in [0.05, 0.1) is 18.3 Å². The van der Waals surface area contributed by atoms with E-state index in [0.717, 1.165) is 28.0 Å². The van der Waals surface area contributed by atoms with Gasteiger partial charge in [-0.1, -0.05) is 46.3 Å². The van der Waals surface area contributed by atoms with Crippen molar-refractivity contribution in [3.05, 3.63) is 64.1 Å². The van der Waals surface area contributed by atoms with Gasteiger partial charge in [0.2, 0.25) is 5.91 Å². The van der Waals surface area contributed by atoms with Gasteiger partial charge in [-0.05, 0) is 23.8 Å². The topological polar surface area (TPSA) is 44.7 Å². The minimum Gasteiger partial charge on any atom is -0.354 e. The number of benzene rings is 2. The van der Waals surface area contributed by atoms with Crippen LogP contribution in [0.15, 0.2) is 58.0 Å². The monoisotopic (exact) mass is 369 g/mol. The quantitative estimate of drug-likeness (QED) is 0.836. The molecule has 1 atom stereocenters. The number of nitrogens with zero attached hydrogens (tertiary/aromatic N) is 2. The molecular formula is C18H16BrN3O. The molecule has 0 spiro atoms. The van der Waals surface area contributed by atoms with Crippen molar-refractivity contribution in [1.29, 1.82) is 0 Å². The highest BCUT2D eigenvalue weighted by Gasteiger charge is 2.33. The molecule has 5 heteroatoms. The molecule has 2 aliphatic heterocycles. The van der Waals surface area contributed by atoms with E-state index in [1.165, 1.54) is 5.56 Å². The Kier molecular flexibility index (Phi) is 3.65. The van der Waals surface area contributed by atoms with Gasteiger partial charge in [0, 0.05) is 23.0 Å². The summed E-state index contributed by atoms with van der Waals surface area (Å²) in [4.78, 5) is 19.0. The molecule has 116 valence electrons. The maximum absolute atomic E-state index is 12.1. The first-order valence-electron chi connectivity index (χ1n) is 7.68. The van der Waals surface area contributed by atoms with Crippen molar-refractivity contribution in [2.75, 3.05) is 13.1 Å². The molecule has 4 rings (SSSR count). The van der Waals surface area contributed by atoms with Gasteiger partial charge in [0.25, 0.3) is 0 Å². The van der Waals surface area contributed by atoms with Crippen LogP contribution in [0.2, 0.25) is 0 Å². The Bertz CT molecular complexity index is 788. The summed E-state index contributed by atoms with van der Waals surface area (Å²) in [6.07, 6.45) is 0.755. The number of amidine groups is 1. The highest BCUT2D eigenvalue weighted by molar-refractivity contribution is 9.10. The molecule has 4 nitrogen and oxygen atoms in total. The predicted octanol–water partition coefficient (Wildman–Crippen LogP) is 3.40. The van der Waals surface area contributed by atoms with Crippen LogP contribution in [0.4, 0.5) is 5.69 Å². The lowest BCUT2D eigenvalue weighted by Crippen LogP contribution is -2.40. The van der Waals surface area contributed by atoms with E-state index < -0.39 is 0 Å². The number of carbonyl (C=O) groups excluding carboxylic acids is 1. The Morgan fingerprint density at radius 3 is 2.83 bits per heavy atom. The second-order valence-corrected chi connectivity index (χ2v) is 6.69. The number of amides is 1. The van der Waals surface area contributed by atoms with Crippen molar-refractivity contribution < 1.29 is 4.79 Å². The number of aliphatic imine (C=N–C) groups is 1. The maximum Gasteiger partial charge on any atom is 0.239 e. The fraction of sp³-hybridized carbons (Fsp3) is 0.222. The van der Waals surface area contributed by atoms with Gasteiger partial charge in [0.15, 0.2) is 0 Å². The number of nitrogens with one attached hydrogen (secondary N) is 1. The SMILES string of the molecule is O=C1CN2C(=Nc3ccc(Br)cc3[C@@H]2c2ccccc2)CCN1. The first kappa shape index (κ1) is 14.5. The molecule has 2 aromatic rings. The molecule has 0 saturated carbocycles. The summed E-state index contributed by atoms with van der Waals surface area (Å²) in [5.74, 6) is 1.03. The highest BCUT2D eigenvalue weighted by Crippen LogP contribution is 2.41. The third-order valence-electron chi connectivity index (χ3n) is 4.28. The normalized spacial score (nSPS) is 20.0. The van der Waals surface area contributed by atoms with Gasteiger partial charge in [-0.15, -0.1) is 0 Å². The Balaban J connectivity index is 1.90. The van der Waals surface area contributed by atoms with Crippen molar-refractivity contribution in [1.82, 2.24) is 10.2 Å². The van der Waals surface area contributed by atoms with Gasteiger partial charge >= 0.3 is 0 Å². The molecule has 0 radical (unpaired) electrons. The zero-order chi connectivity index (χ0) is 15.8. The molecule has 2 aromatic carbocycles. The summed E-state index contributed by atoms with van der Waals surface area (Å²) in [5, 5.41) is 2.94. The van der Waals surface area contributed by atoms with Gasteiger partial charge in [-0.3, -0.25) is 4.79 Å². The molecule has 2 heterocycles. The fourth-order valence-electron chi connectivity index (χ4n) is 3.27. The highest BCUT2D eigenvalue weighted by atomic mass is 79.9. The van der Waals surface area contributed by atoms with Crippen molar-refractivity contribution in [2.24, 2.45) is 4.99 Å². The van der Waals surface area contributed by atoms with Gasteiger partial charge in [-0.2, -0.15) is 0 Å². The summed E-state index contributed by atoms with van der Waals surface area (Å²) in [5.41, 5.74) is 3.29. The Morgan fingerprint density at radius 2 is 2.00 bits per heavy atom. The van der Waals surface area contributed by atoms with Crippen LogP contribution in [0.25, 0.3) is 0 Å².